The third kappa shape index (κ3) is 5.19. The van der Waals surface area contributed by atoms with Crippen LogP contribution >= 0.6 is 22.9 Å². The molecule has 0 aliphatic carbocycles. The number of sulfonamides is 1. The summed E-state index contributed by atoms with van der Waals surface area (Å²) in [5, 5.41) is 3.46. The number of ether oxygens (including phenoxy) is 1. The van der Waals surface area contributed by atoms with Gasteiger partial charge in [-0.3, -0.25) is 4.72 Å². The molecule has 3 rings (SSSR count). The standard InChI is InChI=1S/C17H15ClN2O3S2/c1-25(21,22)20-14-6-2-12(3-7-14)16-11-24-17(19-16)10-23-15-8-4-13(18)5-9-15/h2-9,11,20H,10H2,1H3. The molecule has 8 heteroatoms. The highest BCUT2D eigenvalue weighted by atomic mass is 35.5. The molecule has 0 unspecified atom stereocenters. The molecule has 2 aromatic carbocycles. The highest BCUT2D eigenvalue weighted by Crippen LogP contribution is 2.25. The van der Waals surface area contributed by atoms with E-state index in [0.29, 0.717) is 17.3 Å². The van der Waals surface area contributed by atoms with Crippen molar-refractivity contribution in [3.8, 4) is 17.0 Å². The largest absolute Gasteiger partial charge is 0.486 e. The highest BCUT2D eigenvalue weighted by molar-refractivity contribution is 7.92. The van der Waals surface area contributed by atoms with E-state index in [1.165, 1.54) is 11.3 Å². The molecule has 1 aromatic heterocycles. The highest BCUT2D eigenvalue weighted by Gasteiger charge is 2.07. The SMILES string of the molecule is CS(=O)(=O)Nc1ccc(-c2csc(COc3ccc(Cl)cc3)n2)cc1. The molecular weight excluding hydrogens is 380 g/mol. The summed E-state index contributed by atoms with van der Waals surface area (Å²) in [7, 11) is -3.28. The molecule has 3 aromatic rings. The zero-order valence-electron chi connectivity index (χ0n) is 13.3. The van der Waals surface area contributed by atoms with Gasteiger partial charge in [-0.05, 0) is 36.4 Å². The summed E-state index contributed by atoms with van der Waals surface area (Å²) in [6.45, 7) is 0.375. The zero-order valence-corrected chi connectivity index (χ0v) is 15.7. The van der Waals surface area contributed by atoms with Crippen LogP contribution in [0.1, 0.15) is 5.01 Å². The molecule has 5 nitrogen and oxygen atoms in total. The average Bonchev–Trinajstić information content (AvgIpc) is 3.02. The number of hydrogen-bond donors (Lipinski definition) is 1. The van der Waals surface area contributed by atoms with Gasteiger partial charge in [-0.25, -0.2) is 13.4 Å². The van der Waals surface area contributed by atoms with Crippen LogP contribution in [0.25, 0.3) is 11.3 Å². The van der Waals surface area contributed by atoms with E-state index in [9.17, 15) is 8.42 Å². The molecule has 1 heterocycles. The second-order valence-corrected chi connectivity index (χ2v) is 8.45. The van der Waals surface area contributed by atoms with E-state index in [2.05, 4.69) is 9.71 Å². The topological polar surface area (TPSA) is 68.3 Å². The number of rotatable bonds is 6. The number of aromatic nitrogens is 1. The monoisotopic (exact) mass is 394 g/mol. The normalized spacial score (nSPS) is 11.3. The first-order chi connectivity index (χ1) is 11.9. The summed E-state index contributed by atoms with van der Waals surface area (Å²) in [5.41, 5.74) is 2.26. The van der Waals surface area contributed by atoms with E-state index in [4.69, 9.17) is 16.3 Å². The van der Waals surface area contributed by atoms with Crippen LogP contribution in [0.3, 0.4) is 0 Å². The van der Waals surface area contributed by atoms with Crippen LogP contribution in [-0.2, 0) is 16.6 Å². The van der Waals surface area contributed by atoms with E-state index in [-0.39, 0.29) is 0 Å². The van der Waals surface area contributed by atoms with E-state index in [1.54, 1.807) is 24.3 Å². The number of nitrogens with zero attached hydrogens (tertiary/aromatic N) is 1. The molecule has 0 radical (unpaired) electrons. The van der Waals surface area contributed by atoms with E-state index < -0.39 is 10.0 Å². The van der Waals surface area contributed by atoms with Gasteiger partial charge in [-0.2, -0.15) is 0 Å². The van der Waals surface area contributed by atoms with Crippen LogP contribution in [0.4, 0.5) is 5.69 Å². The first kappa shape index (κ1) is 17.7. The Labute approximate surface area is 155 Å². The van der Waals surface area contributed by atoms with Gasteiger partial charge in [0, 0.05) is 21.7 Å². The first-order valence-electron chi connectivity index (χ1n) is 7.30. The van der Waals surface area contributed by atoms with Crippen molar-refractivity contribution in [3.63, 3.8) is 0 Å². The Morgan fingerprint density at radius 2 is 1.80 bits per heavy atom. The van der Waals surface area contributed by atoms with E-state index in [1.807, 2.05) is 29.6 Å². The fourth-order valence-electron chi connectivity index (χ4n) is 2.11. The lowest BCUT2D eigenvalue weighted by Crippen LogP contribution is -2.09. The van der Waals surface area contributed by atoms with Crippen molar-refractivity contribution in [3.05, 3.63) is 63.9 Å². The van der Waals surface area contributed by atoms with E-state index in [0.717, 1.165) is 28.3 Å². The lowest BCUT2D eigenvalue weighted by molar-refractivity contribution is 0.305. The second kappa shape index (κ2) is 7.43. The summed E-state index contributed by atoms with van der Waals surface area (Å²) < 4.78 is 30.6. The van der Waals surface area contributed by atoms with Gasteiger partial charge in [0.2, 0.25) is 10.0 Å². The minimum Gasteiger partial charge on any atom is -0.486 e. The Kier molecular flexibility index (Phi) is 5.27. The maximum Gasteiger partial charge on any atom is 0.229 e. The maximum absolute atomic E-state index is 11.2. The summed E-state index contributed by atoms with van der Waals surface area (Å²) in [6, 6.07) is 14.2. The van der Waals surface area contributed by atoms with Gasteiger partial charge in [-0.15, -0.1) is 11.3 Å². The van der Waals surface area contributed by atoms with Crippen molar-refractivity contribution < 1.29 is 13.2 Å². The van der Waals surface area contributed by atoms with Gasteiger partial charge < -0.3 is 4.74 Å². The smallest absolute Gasteiger partial charge is 0.229 e. The summed E-state index contributed by atoms with van der Waals surface area (Å²) in [5.74, 6) is 0.734. The minimum atomic E-state index is -3.28. The molecule has 0 amide bonds. The fourth-order valence-corrected chi connectivity index (χ4v) is 3.51. The van der Waals surface area contributed by atoms with Gasteiger partial charge in [-0.1, -0.05) is 23.7 Å². The number of halogens is 1. The molecule has 25 heavy (non-hydrogen) atoms. The third-order valence-corrected chi connectivity index (χ3v) is 4.89. The van der Waals surface area contributed by atoms with Gasteiger partial charge in [0.15, 0.2) is 0 Å². The van der Waals surface area contributed by atoms with Gasteiger partial charge in [0.25, 0.3) is 0 Å². The first-order valence-corrected chi connectivity index (χ1v) is 10.4. The molecular formula is C17H15ClN2O3S2. The van der Waals surface area contributed by atoms with Crippen LogP contribution < -0.4 is 9.46 Å². The lowest BCUT2D eigenvalue weighted by atomic mass is 10.1. The lowest BCUT2D eigenvalue weighted by Gasteiger charge is -2.04. The Balaban J connectivity index is 1.65. The molecule has 0 aliphatic heterocycles. The van der Waals surface area contributed by atoms with Crippen molar-refractivity contribution in [2.75, 3.05) is 11.0 Å². The Bertz CT molecular complexity index is 952. The predicted molar refractivity (Wildman–Crippen MR) is 102 cm³/mol. The number of nitrogens with one attached hydrogen (secondary N) is 1. The van der Waals surface area contributed by atoms with Crippen molar-refractivity contribution in [2.24, 2.45) is 0 Å². The third-order valence-electron chi connectivity index (χ3n) is 3.21. The van der Waals surface area contributed by atoms with Crippen LogP contribution in [0.15, 0.2) is 53.9 Å². The zero-order chi connectivity index (χ0) is 17.9. The molecule has 0 spiro atoms. The molecule has 0 atom stereocenters. The molecule has 0 saturated carbocycles. The van der Waals surface area contributed by atoms with Gasteiger partial charge in [0.05, 0.1) is 11.9 Å². The fraction of sp³-hybridized carbons (Fsp3) is 0.118. The Hall–Kier alpha value is -2.09. The van der Waals surface area contributed by atoms with Crippen LogP contribution in [0.5, 0.6) is 5.75 Å². The molecule has 0 fully saturated rings. The van der Waals surface area contributed by atoms with Crippen LogP contribution in [0, 0.1) is 0 Å². The Morgan fingerprint density at radius 1 is 1.12 bits per heavy atom. The quantitative estimate of drug-likeness (QED) is 0.672. The molecule has 0 aliphatic rings. The summed E-state index contributed by atoms with van der Waals surface area (Å²) in [6.07, 6.45) is 1.12. The van der Waals surface area contributed by atoms with E-state index >= 15 is 0 Å². The van der Waals surface area contributed by atoms with Crippen molar-refractivity contribution in [1.29, 1.82) is 0 Å². The summed E-state index contributed by atoms with van der Waals surface area (Å²) >= 11 is 7.35. The molecule has 130 valence electrons. The minimum absolute atomic E-state index is 0.375. The van der Waals surface area contributed by atoms with Crippen LogP contribution in [0.2, 0.25) is 5.02 Å². The van der Waals surface area contributed by atoms with Crippen molar-refractivity contribution in [2.45, 2.75) is 6.61 Å². The number of benzene rings is 2. The number of thiazole rings is 1. The van der Waals surface area contributed by atoms with Crippen LogP contribution in [-0.4, -0.2) is 19.7 Å². The maximum atomic E-state index is 11.2. The predicted octanol–water partition coefficient (Wildman–Crippen LogP) is 4.41. The van der Waals surface area contributed by atoms with Crippen molar-refractivity contribution in [1.82, 2.24) is 4.98 Å². The number of hydrogen-bond acceptors (Lipinski definition) is 5. The average molecular weight is 395 g/mol. The second-order valence-electron chi connectivity index (χ2n) is 5.32. The van der Waals surface area contributed by atoms with Gasteiger partial charge in [0.1, 0.15) is 17.4 Å². The molecule has 0 bridgehead atoms. The molecule has 1 N–H and O–H groups in total. The number of anilines is 1. The van der Waals surface area contributed by atoms with Gasteiger partial charge >= 0.3 is 0 Å². The molecule has 0 saturated heterocycles. The Morgan fingerprint density at radius 3 is 2.44 bits per heavy atom. The summed E-state index contributed by atoms with van der Waals surface area (Å²) in [4.78, 5) is 4.55. The van der Waals surface area contributed by atoms with Crippen molar-refractivity contribution >= 4 is 38.6 Å².